The second-order valence-corrected chi connectivity index (χ2v) is 6.90. The Labute approximate surface area is 117 Å². The van der Waals surface area contributed by atoms with Gasteiger partial charge in [-0.2, -0.15) is 0 Å². The molecule has 0 aromatic carbocycles. The maximum Gasteiger partial charge on any atom is 0.229 e. The highest BCUT2D eigenvalue weighted by molar-refractivity contribution is 6.19. The minimum absolute atomic E-state index is 0.241. The predicted octanol–water partition coefficient (Wildman–Crippen LogP) is 4.07. The van der Waals surface area contributed by atoms with Crippen molar-refractivity contribution in [3.8, 4) is 0 Å². The summed E-state index contributed by atoms with van der Waals surface area (Å²) >= 11 is 5.95. The number of nitrogens with zero attached hydrogens (tertiary/aromatic N) is 1. The van der Waals surface area contributed by atoms with E-state index in [-0.39, 0.29) is 5.91 Å². The molecule has 0 atom stereocenters. The summed E-state index contributed by atoms with van der Waals surface area (Å²) in [6, 6.07) is 0.457. The van der Waals surface area contributed by atoms with Crippen molar-refractivity contribution in [1.29, 1.82) is 0 Å². The van der Waals surface area contributed by atoms with E-state index in [1.165, 1.54) is 25.7 Å². The Morgan fingerprint density at radius 1 is 1.33 bits per heavy atom. The smallest absolute Gasteiger partial charge is 0.229 e. The Bertz CT molecular complexity index is 270. The molecular weight excluding hydrogens is 246 g/mol. The van der Waals surface area contributed by atoms with Crippen LogP contribution in [0, 0.1) is 11.3 Å². The zero-order valence-corrected chi connectivity index (χ0v) is 13.1. The fourth-order valence-corrected chi connectivity index (χ4v) is 2.62. The molecule has 0 unspecified atom stereocenters. The quantitative estimate of drug-likeness (QED) is 0.668. The summed E-state index contributed by atoms with van der Waals surface area (Å²) in [5.74, 6) is 1.28. The molecule has 106 valence electrons. The maximum absolute atomic E-state index is 12.6. The average molecular weight is 274 g/mol. The molecular formula is C15H28ClNO. The normalized spacial score (nSPS) is 17.4. The van der Waals surface area contributed by atoms with Crippen LogP contribution in [0.3, 0.4) is 0 Å². The molecule has 0 N–H and O–H groups in total. The average Bonchev–Trinajstić information content (AvgIpc) is 2.82. The molecule has 1 aliphatic rings. The van der Waals surface area contributed by atoms with Gasteiger partial charge in [-0.3, -0.25) is 4.79 Å². The predicted molar refractivity (Wildman–Crippen MR) is 77.9 cm³/mol. The van der Waals surface area contributed by atoms with Gasteiger partial charge in [0.25, 0.3) is 0 Å². The van der Waals surface area contributed by atoms with Crippen molar-refractivity contribution in [2.45, 2.75) is 65.8 Å². The van der Waals surface area contributed by atoms with Crippen molar-refractivity contribution in [2.24, 2.45) is 11.3 Å². The van der Waals surface area contributed by atoms with Crippen LogP contribution >= 0.6 is 11.6 Å². The van der Waals surface area contributed by atoms with E-state index in [0.717, 1.165) is 13.0 Å². The third kappa shape index (κ3) is 4.15. The van der Waals surface area contributed by atoms with Gasteiger partial charge in [0, 0.05) is 18.5 Å². The molecule has 0 aliphatic heterocycles. The Kier molecular flexibility index (Phi) is 5.97. The molecule has 0 spiro atoms. The monoisotopic (exact) mass is 273 g/mol. The first kappa shape index (κ1) is 15.8. The number of hydrogen-bond donors (Lipinski definition) is 0. The van der Waals surface area contributed by atoms with Gasteiger partial charge in [-0.1, -0.05) is 26.7 Å². The Morgan fingerprint density at radius 3 is 2.33 bits per heavy atom. The van der Waals surface area contributed by atoms with Gasteiger partial charge in [-0.25, -0.2) is 0 Å². The lowest BCUT2D eigenvalue weighted by Crippen LogP contribution is -2.47. The molecule has 0 aromatic rings. The molecule has 1 aliphatic carbocycles. The Morgan fingerprint density at radius 2 is 1.89 bits per heavy atom. The topological polar surface area (TPSA) is 20.3 Å². The number of carbonyl (C=O) groups excluding carboxylic acids is 1. The van der Waals surface area contributed by atoms with Crippen LogP contribution in [0.2, 0.25) is 0 Å². The fourth-order valence-electron chi connectivity index (χ4n) is 2.51. The fraction of sp³-hybridized carbons (Fsp3) is 0.933. The molecule has 0 heterocycles. The molecule has 1 saturated carbocycles. The van der Waals surface area contributed by atoms with Crippen LogP contribution in [-0.4, -0.2) is 29.3 Å². The molecule has 2 nitrogen and oxygen atoms in total. The van der Waals surface area contributed by atoms with E-state index in [0.29, 0.717) is 17.8 Å². The summed E-state index contributed by atoms with van der Waals surface area (Å²) in [7, 11) is 0. The first-order chi connectivity index (χ1) is 8.38. The Hall–Kier alpha value is -0.240. The largest absolute Gasteiger partial charge is 0.339 e. The molecule has 0 radical (unpaired) electrons. The summed E-state index contributed by atoms with van der Waals surface area (Å²) in [5.41, 5.74) is -0.429. The lowest BCUT2D eigenvalue weighted by atomic mass is 9.92. The van der Waals surface area contributed by atoms with Crippen LogP contribution < -0.4 is 0 Å². The molecule has 18 heavy (non-hydrogen) atoms. The van der Waals surface area contributed by atoms with E-state index in [2.05, 4.69) is 18.7 Å². The van der Waals surface area contributed by atoms with Crippen LogP contribution in [0.1, 0.15) is 59.8 Å². The van der Waals surface area contributed by atoms with Crippen molar-refractivity contribution < 1.29 is 4.79 Å². The Balaban J connectivity index is 2.72. The number of amides is 1. The van der Waals surface area contributed by atoms with Gasteiger partial charge in [-0.15, -0.1) is 11.6 Å². The van der Waals surface area contributed by atoms with Crippen molar-refractivity contribution in [3.63, 3.8) is 0 Å². The first-order valence-corrected chi connectivity index (χ1v) is 7.79. The van der Waals surface area contributed by atoms with E-state index in [9.17, 15) is 4.79 Å². The summed E-state index contributed by atoms with van der Waals surface area (Å²) in [6.45, 7) is 9.23. The highest BCUT2D eigenvalue weighted by Gasteiger charge is 2.35. The summed E-state index contributed by atoms with van der Waals surface area (Å²) < 4.78 is 0. The zero-order chi connectivity index (χ0) is 13.8. The first-order valence-electron chi connectivity index (χ1n) is 7.25. The third-order valence-corrected chi connectivity index (χ3v) is 4.55. The van der Waals surface area contributed by atoms with Gasteiger partial charge >= 0.3 is 0 Å². The summed E-state index contributed by atoms with van der Waals surface area (Å²) in [4.78, 5) is 14.8. The van der Waals surface area contributed by atoms with Crippen molar-refractivity contribution in [3.05, 3.63) is 0 Å². The highest BCUT2D eigenvalue weighted by Crippen LogP contribution is 2.29. The second kappa shape index (κ2) is 6.79. The van der Waals surface area contributed by atoms with E-state index in [1.807, 2.05) is 13.8 Å². The second-order valence-electron chi connectivity index (χ2n) is 6.64. The summed E-state index contributed by atoms with van der Waals surface area (Å²) in [5, 5.41) is 0. The molecule has 3 heteroatoms. The number of carbonyl (C=O) groups is 1. The minimum Gasteiger partial charge on any atom is -0.339 e. The third-order valence-electron chi connectivity index (χ3n) is 3.89. The number of halogens is 1. The van der Waals surface area contributed by atoms with Gasteiger partial charge in [0.1, 0.15) is 0 Å². The van der Waals surface area contributed by atoms with Crippen LogP contribution in [-0.2, 0) is 4.79 Å². The molecule has 0 bridgehead atoms. The van der Waals surface area contributed by atoms with Crippen LogP contribution in [0.15, 0.2) is 0 Å². The summed E-state index contributed by atoms with van der Waals surface area (Å²) in [6.07, 6.45) is 5.94. The van der Waals surface area contributed by atoms with Crippen LogP contribution in [0.25, 0.3) is 0 Å². The minimum atomic E-state index is -0.429. The van der Waals surface area contributed by atoms with E-state index in [4.69, 9.17) is 11.6 Å². The standard InChI is InChI=1S/C15H28ClNO/c1-12(2)9-10-17(13-7-5-6-8-13)14(18)15(3,4)11-16/h12-13H,5-11H2,1-4H3. The van der Waals surface area contributed by atoms with Gasteiger partial charge in [0.2, 0.25) is 5.91 Å². The van der Waals surface area contributed by atoms with E-state index < -0.39 is 5.41 Å². The van der Waals surface area contributed by atoms with Crippen molar-refractivity contribution in [1.82, 2.24) is 4.90 Å². The van der Waals surface area contributed by atoms with Gasteiger partial charge < -0.3 is 4.90 Å². The number of hydrogen-bond acceptors (Lipinski definition) is 1. The van der Waals surface area contributed by atoms with Gasteiger partial charge in [0.15, 0.2) is 0 Å². The van der Waals surface area contributed by atoms with Crippen LogP contribution in [0.4, 0.5) is 0 Å². The molecule has 0 saturated heterocycles. The lowest BCUT2D eigenvalue weighted by Gasteiger charge is -2.35. The lowest BCUT2D eigenvalue weighted by molar-refractivity contribution is -0.141. The van der Waals surface area contributed by atoms with Gasteiger partial charge in [0.05, 0.1) is 5.41 Å². The SMILES string of the molecule is CC(C)CCN(C(=O)C(C)(C)CCl)C1CCCC1. The maximum atomic E-state index is 12.6. The highest BCUT2D eigenvalue weighted by atomic mass is 35.5. The van der Waals surface area contributed by atoms with E-state index >= 15 is 0 Å². The number of rotatable bonds is 6. The number of alkyl halides is 1. The molecule has 1 rings (SSSR count). The van der Waals surface area contributed by atoms with Crippen molar-refractivity contribution >= 4 is 17.5 Å². The zero-order valence-electron chi connectivity index (χ0n) is 12.3. The van der Waals surface area contributed by atoms with E-state index in [1.54, 1.807) is 0 Å². The van der Waals surface area contributed by atoms with Crippen molar-refractivity contribution in [2.75, 3.05) is 12.4 Å². The molecule has 0 aromatic heterocycles. The van der Waals surface area contributed by atoms with Crippen LogP contribution in [0.5, 0.6) is 0 Å². The van der Waals surface area contributed by atoms with Gasteiger partial charge in [-0.05, 0) is 39.0 Å². The molecule has 1 fully saturated rings. The molecule has 1 amide bonds.